The molecule has 6 nitrogen and oxygen atoms in total. The van der Waals surface area contributed by atoms with E-state index in [4.69, 9.17) is 4.98 Å². The Morgan fingerprint density at radius 2 is 2.09 bits per heavy atom. The molecule has 1 atom stereocenters. The fraction of sp³-hybridized carbons (Fsp3) is 0.208. The van der Waals surface area contributed by atoms with Gasteiger partial charge in [-0.05, 0) is 64.7 Å². The minimum absolute atomic E-state index is 0.203. The van der Waals surface area contributed by atoms with Gasteiger partial charge in [-0.3, -0.25) is 10.1 Å². The molecule has 5 rings (SSSR count). The highest BCUT2D eigenvalue weighted by Crippen LogP contribution is 2.37. The van der Waals surface area contributed by atoms with Crippen LogP contribution >= 0.6 is 27.3 Å². The van der Waals surface area contributed by atoms with Gasteiger partial charge in [-0.2, -0.15) is 4.39 Å². The lowest BCUT2D eigenvalue weighted by atomic mass is 10.1. The molecule has 1 saturated heterocycles. The third-order valence-electron chi connectivity index (χ3n) is 5.66. The van der Waals surface area contributed by atoms with Gasteiger partial charge in [0.25, 0.3) is 5.91 Å². The monoisotopic (exact) mass is 525 g/mol. The van der Waals surface area contributed by atoms with Crippen molar-refractivity contribution >= 4 is 44.0 Å². The van der Waals surface area contributed by atoms with Gasteiger partial charge in [0.1, 0.15) is 5.69 Å². The second-order valence-corrected chi connectivity index (χ2v) is 9.65. The first-order valence-electron chi connectivity index (χ1n) is 10.6. The number of thiazole rings is 1. The van der Waals surface area contributed by atoms with Crippen molar-refractivity contribution in [1.82, 2.24) is 14.5 Å². The van der Waals surface area contributed by atoms with E-state index in [1.54, 1.807) is 22.9 Å². The minimum atomic E-state index is -0.545. The number of rotatable bonds is 6. The number of carbonyl (C=O) groups is 1. The van der Waals surface area contributed by atoms with Crippen LogP contribution in [-0.2, 0) is 6.54 Å². The van der Waals surface area contributed by atoms with E-state index in [0.29, 0.717) is 17.4 Å². The summed E-state index contributed by atoms with van der Waals surface area (Å²) in [5, 5.41) is 5.52. The highest BCUT2D eigenvalue weighted by atomic mass is 79.9. The van der Waals surface area contributed by atoms with Crippen LogP contribution in [0.2, 0.25) is 0 Å². The summed E-state index contributed by atoms with van der Waals surface area (Å²) in [7, 11) is 0. The molecule has 0 spiro atoms. The third kappa shape index (κ3) is 4.84. The number of carbonyl (C=O) groups excluding carboxylic acids is 1. The van der Waals surface area contributed by atoms with Gasteiger partial charge in [0.05, 0.1) is 11.7 Å². The van der Waals surface area contributed by atoms with E-state index in [1.165, 1.54) is 29.3 Å². The first kappa shape index (κ1) is 21.8. The van der Waals surface area contributed by atoms with Crippen molar-refractivity contribution in [2.45, 2.75) is 25.4 Å². The van der Waals surface area contributed by atoms with Crippen molar-refractivity contribution in [3.63, 3.8) is 0 Å². The predicted octanol–water partition coefficient (Wildman–Crippen LogP) is 5.88. The molecule has 33 heavy (non-hydrogen) atoms. The van der Waals surface area contributed by atoms with E-state index >= 15 is 0 Å². The fourth-order valence-electron chi connectivity index (χ4n) is 4.19. The lowest BCUT2D eigenvalue weighted by Crippen LogP contribution is -2.22. The molecule has 0 saturated carbocycles. The maximum atomic E-state index is 13.5. The van der Waals surface area contributed by atoms with Crippen LogP contribution in [0.4, 0.5) is 15.2 Å². The molecular weight excluding hydrogens is 505 g/mol. The highest BCUT2D eigenvalue weighted by Gasteiger charge is 2.28. The second kappa shape index (κ2) is 9.44. The molecule has 1 amide bonds. The Morgan fingerprint density at radius 3 is 2.91 bits per heavy atom. The molecule has 0 bridgehead atoms. The van der Waals surface area contributed by atoms with E-state index in [1.807, 2.05) is 23.6 Å². The molecule has 168 valence electrons. The summed E-state index contributed by atoms with van der Waals surface area (Å²) in [6.07, 6.45) is 5.36. The molecular formula is C24H21BrFN5OS. The third-order valence-corrected chi connectivity index (χ3v) is 6.87. The number of nitrogens with one attached hydrogen (secondary N) is 1. The summed E-state index contributed by atoms with van der Waals surface area (Å²) in [6.45, 7) is 1.34. The summed E-state index contributed by atoms with van der Waals surface area (Å²) >= 11 is 4.86. The number of halogens is 2. The van der Waals surface area contributed by atoms with Gasteiger partial charge in [0.15, 0.2) is 5.13 Å². The van der Waals surface area contributed by atoms with Crippen molar-refractivity contribution < 1.29 is 9.18 Å². The summed E-state index contributed by atoms with van der Waals surface area (Å²) in [4.78, 5) is 23.7. The molecule has 1 N–H and O–H groups in total. The lowest BCUT2D eigenvalue weighted by Gasteiger charge is -2.25. The van der Waals surface area contributed by atoms with Gasteiger partial charge in [0, 0.05) is 41.0 Å². The standard InChI is InChI=1S/C24H21BrFN5OS/c25-17-12-21(30(14-17)13-16-8-9-27-22(26)11-16)23(32)29-24-28-19(15-33-24)20-7-4-10-31(20)18-5-2-1-3-6-18/h1-3,5-6,8-9,11-12,14-15,20H,4,7,10,13H2,(H,28,29,32). The molecule has 1 aliphatic rings. The Kier molecular flexibility index (Phi) is 6.24. The van der Waals surface area contributed by atoms with Crippen LogP contribution in [0.1, 0.15) is 40.6 Å². The van der Waals surface area contributed by atoms with Crippen molar-refractivity contribution in [2.24, 2.45) is 0 Å². The number of nitrogens with zero attached hydrogens (tertiary/aromatic N) is 4. The number of pyridine rings is 1. The van der Waals surface area contributed by atoms with Gasteiger partial charge in [-0.25, -0.2) is 9.97 Å². The first-order chi connectivity index (χ1) is 16.1. The molecule has 4 heterocycles. The first-order valence-corrected chi connectivity index (χ1v) is 12.3. The molecule has 9 heteroatoms. The van der Waals surface area contributed by atoms with Crippen LogP contribution in [0.5, 0.6) is 0 Å². The van der Waals surface area contributed by atoms with Crippen molar-refractivity contribution in [1.29, 1.82) is 0 Å². The summed E-state index contributed by atoms with van der Waals surface area (Å²) in [5.41, 5.74) is 3.34. The number of para-hydroxylation sites is 1. The summed E-state index contributed by atoms with van der Waals surface area (Å²) in [5.74, 6) is -0.807. The maximum Gasteiger partial charge on any atom is 0.274 e. The van der Waals surface area contributed by atoms with Crippen molar-refractivity contribution in [3.05, 3.63) is 93.7 Å². The molecule has 1 fully saturated rings. The molecule has 0 radical (unpaired) electrons. The van der Waals surface area contributed by atoms with Crippen LogP contribution in [-0.4, -0.2) is 27.0 Å². The Balaban J connectivity index is 1.32. The van der Waals surface area contributed by atoms with Gasteiger partial charge in [-0.1, -0.05) is 18.2 Å². The number of anilines is 2. The normalized spacial score (nSPS) is 15.7. The smallest absolute Gasteiger partial charge is 0.274 e. The van der Waals surface area contributed by atoms with Gasteiger partial charge in [0.2, 0.25) is 5.95 Å². The van der Waals surface area contributed by atoms with E-state index in [2.05, 4.69) is 43.3 Å². The number of benzene rings is 1. The van der Waals surface area contributed by atoms with Crippen LogP contribution < -0.4 is 10.2 Å². The quantitative estimate of drug-likeness (QED) is 0.319. The van der Waals surface area contributed by atoms with Gasteiger partial charge >= 0.3 is 0 Å². The van der Waals surface area contributed by atoms with Crippen LogP contribution in [0, 0.1) is 5.95 Å². The van der Waals surface area contributed by atoms with Gasteiger partial charge < -0.3 is 9.47 Å². The Bertz CT molecular complexity index is 1270. The SMILES string of the molecule is O=C(Nc1nc(C2CCCN2c2ccccc2)cs1)c1cc(Br)cn1Cc1ccnc(F)c1. The van der Waals surface area contributed by atoms with Crippen LogP contribution in [0.25, 0.3) is 0 Å². The zero-order valence-electron chi connectivity index (χ0n) is 17.6. The number of hydrogen-bond acceptors (Lipinski definition) is 5. The number of hydrogen-bond donors (Lipinski definition) is 1. The summed E-state index contributed by atoms with van der Waals surface area (Å²) in [6, 6.07) is 15.4. The second-order valence-electron chi connectivity index (χ2n) is 7.88. The molecule has 3 aromatic heterocycles. The van der Waals surface area contributed by atoms with E-state index < -0.39 is 5.95 Å². The molecule has 0 aliphatic carbocycles. The Hall–Kier alpha value is -3.04. The van der Waals surface area contributed by atoms with Crippen LogP contribution in [0.15, 0.2) is 70.8 Å². The highest BCUT2D eigenvalue weighted by molar-refractivity contribution is 9.10. The fourth-order valence-corrected chi connectivity index (χ4v) is 5.41. The maximum absolute atomic E-state index is 13.5. The number of amides is 1. The molecule has 1 aliphatic heterocycles. The topological polar surface area (TPSA) is 63.1 Å². The molecule has 1 aromatic carbocycles. The lowest BCUT2D eigenvalue weighted by molar-refractivity contribution is 0.101. The average Bonchev–Trinajstić information content (AvgIpc) is 3.54. The Morgan fingerprint density at radius 1 is 1.24 bits per heavy atom. The molecule has 4 aromatic rings. The predicted molar refractivity (Wildman–Crippen MR) is 131 cm³/mol. The zero-order chi connectivity index (χ0) is 22.8. The number of aromatic nitrogens is 3. The van der Waals surface area contributed by atoms with Crippen molar-refractivity contribution in [3.8, 4) is 0 Å². The van der Waals surface area contributed by atoms with Crippen molar-refractivity contribution in [2.75, 3.05) is 16.8 Å². The zero-order valence-corrected chi connectivity index (χ0v) is 20.0. The largest absolute Gasteiger partial charge is 0.363 e. The van der Waals surface area contributed by atoms with E-state index in [9.17, 15) is 9.18 Å². The Labute approximate surface area is 203 Å². The van der Waals surface area contributed by atoms with E-state index in [0.717, 1.165) is 35.1 Å². The minimum Gasteiger partial charge on any atom is -0.363 e. The molecule has 1 unspecified atom stereocenters. The summed E-state index contributed by atoms with van der Waals surface area (Å²) < 4.78 is 16.0. The average molecular weight is 526 g/mol. The van der Waals surface area contributed by atoms with Gasteiger partial charge in [-0.15, -0.1) is 11.3 Å². The van der Waals surface area contributed by atoms with Crippen LogP contribution in [0.3, 0.4) is 0 Å². The van der Waals surface area contributed by atoms with E-state index in [-0.39, 0.29) is 11.9 Å².